The number of carbonyl (C=O) groups is 6. The van der Waals surface area contributed by atoms with Crippen LogP contribution >= 0.6 is 0 Å². The van der Waals surface area contributed by atoms with Gasteiger partial charge >= 0.3 is 29.8 Å². The Balaban J connectivity index is 3.72. The Morgan fingerprint density at radius 3 is 1.58 bits per heavy atom. The molecule has 1 saturated carbocycles. The van der Waals surface area contributed by atoms with Crippen molar-refractivity contribution in [3.8, 4) is 0 Å². The molecule has 174 valence electrons. The largest absolute Gasteiger partial charge is 0.465 e. The van der Waals surface area contributed by atoms with Gasteiger partial charge in [-0.3, -0.25) is 28.8 Å². The fourth-order valence-corrected chi connectivity index (χ4v) is 3.60. The van der Waals surface area contributed by atoms with E-state index in [-0.39, 0.29) is 0 Å². The van der Waals surface area contributed by atoms with Crippen molar-refractivity contribution in [1.29, 1.82) is 0 Å². The number of hydrogen-bond donors (Lipinski definition) is 1. The molecule has 12 nitrogen and oxygen atoms in total. The van der Waals surface area contributed by atoms with Crippen LogP contribution in [0.3, 0.4) is 0 Å². The van der Waals surface area contributed by atoms with E-state index >= 15 is 0 Å². The second-order valence-electron chi connectivity index (χ2n) is 7.09. The smallest absolute Gasteiger partial charge is 0.303 e. The number of carbonyl (C=O) groups excluding carboxylic acids is 6. The Bertz CT molecular complexity index is 749. The Morgan fingerprint density at radius 1 is 0.677 bits per heavy atom. The molecule has 1 fully saturated rings. The molecule has 1 rings (SSSR count). The molecule has 1 amide bonds. The SMILES string of the molecule is CC(=O)N[C@@]1(COC(C)=O)[C@@H](COC(C)=O)[C@H](OC(C)=O)[C@@H](OC(C)=O)[C@@H]1OC(C)=O. The third kappa shape index (κ3) is 6.93. The van der Waals surface area contributed by atoms with Crippen LogP contribution in [-0.2, 0) is 52.5 Å². The highest BCUT2D eigenvalue weighted by atomic mass is 16.6. The van der Waals surface area contributed by atoms with E-state index in [4.69, 9.17) is 23.7 Å². The molecule has 0 aromatic rings. The van der Waals surface area contributed by atoms with Gasteiger partial charge in [-0.15, -0.1) is 0 Å². The zero-order valence-corrected chi connectivity index (χ0v) is 18.2. The van der Waals surface area contributed by atoms with Gasteiger partial charge in [-0.05, 0) is 0 Å². The summed E-state index contributed by atoms with van der Waals surface area (Å²) in [6.45, 7) is 5.67. The van der Waals surface area contributed by atoms with E-state index in [1.165, 1.54) is 0 Å². The molecule has 0 aromatic heterocycles. The second kappa shape index (κ2) is 10.7. The minimum atomic E-state index is -1.75. The molecule has 0 heterocycles. The first-order valence-corrected chi connectivity index (χ1v) is 9.37. The summed E-state index contributed by atoms with van der Waals surface area (Å²) in [7, 11) is 0. The zero-order chi connectivity index (χ0) is 23.9. The van der Waals surface area contributed by atoms with Crippen LogP contribution in [0.5, 0.6) is 0 Å². The van der Waals surface area contributed by atoms with Gasteiger partial charge in [0.1, 0.15) is 18.8 Å². The third-order valence-electron chi connectivity index (χ3n) is 4.47. The van der Waals surface area contributed by atoms with Crippen LogP contribution in [0.15, 0.2) is 0 Å². The van der Waals surface area contributed by atoms with Gasteiger partial charge < -0.3 is 29.0 Å². The normalized spacial score (nSPS) is 26.9. The second-order valence-corrected chi connectivity index (χ2v) is 7.09. The van der Waals surface area contributed by atoms with Gasteiger partial charge in [-0.25, -0.2) is 0 Å². The molecule has 31 heavy (non-hydrogen) atoms. The zero-order valence-electron chi connectivity index (χ0n) is 18.2. The van der Waals surface area contributed by atoms with Gasteiger partial charge in [0.25, 0.3) is 0 Å². The summed E-state index contributed by atoms with van der Waals surface area (Å²) in [5, 5.41) is 2.58. The van der Waals surface area contributed by atoms with E-state index < -0.39 is 78.7 Å². The van der Waals surface area contributed by atoms with E-state index in [1.54, 1.807) is 0 Å². The summed E-state index contributed by atoms with van der Waals surface area (Å²) in [5.41, 5.74) is -1.75. The molecule has 0 aromatic carbocycles. The maximum atomic E-state index is 12.1. The average molecular weight is 445 g/mol. The number of esters is 5. The van der Waals surface area contributed by atoms with Gasteiger partial charge in [0.15, 0.2) is 18.3 Å². The third-order valence-corrected chi connectivity index (χ3v) is 4.47. The highest BCUT2D eigenvalue weighted by molar-refractivity contribution is 5.75. The molecule has 1 N–H and O–H groups in total. The predicted molar refractivity (Wildman–Crippen MR) is 100.0 cm³/mol. The molecule has 0 spiro atoms. The maximum Gasteiger partial charge on any atom is 0.303 e. The van der Waals surface area contributed by atoms with Crippen LogP contribution < -0.4 is 5.32 Å². The molecule has 0 unspecified atom stereocenters. The maximum absolute atomic E-state index is 12.1. The van der Waals surface area contributed by atoms with Crippen molar-refractivity contribution in [3.05, 3.63) is 0 Å². The summed E-state index contributed by atoms with van der Waals surface area (Å²) in [6, 6.07) is 0. The van der Waals surface area contributed by atoms with Crippen LogP contribution in [0, 0.1) is 5.92 Å². The predicted octanol–water partition coefficient (Wildman–Crippen LogP) is -0.588. The molecule has 0 aliphatic heterocycles. The minimum Gasteiger partial charge on any atom is -0.465 e. The summed E-state index contributed by atoms with van der Waals surface area (Å²) < 4.78 is 26.2. The van der Waals surface area contributed by atoms with Crippen molar-refractivity contribution in [2.75, 3.05) is 13.2 Å². The van der Waals surface area contributed by atoms with E-state index in [2.05, 4.69) is 5.32 Å². The summed E-state index contributed by atoms with van der Waals surface area (Å²) in [4.78, 5) is 70.6. The van der Waals surface area contributed by atoms with Crippen LogP contribution in [0.2, 0.25) is 0 Å². The Morgan fingerprint density at radius 2 is 1.16 bits per heavy atom. The van der Waals surface area contributed by atoms with Crippen LogP contribution in [0.25, 0.3) is 0 Å². The van der Waals surface area contributed by atoms with E-state index in [9.17, 15) is 28.8 Å². The van der Waals surface area contributed by atoms with E-state index in [0.717, 1.165) is 41.5 Å². The van der Waals surface area contributed by atoms with E-state index in [1.807, 2.05) is 0 Å². The van der Waals surface area contributed by atoms with Gasteiger partial charge in [-0.2, -0.15) is 0 Å². The molecule has 0 bridgehead atoms. The van der Waals surface area contributed by atoms with E-state index in [0.29, 0.717) is 0 Å². The number of ether oxygens (including phenoxy) is 5. The van der Waals surface area contributed by atoms with Crippen molar-refractivity contribution < 1.29 is 52.5 Å². The standard InChI is InChI=1S/C19H27NO11/c1-9(21)20-19(8-28-11(3)23)15(7-27-10(2)22)16(29-12(4)24)17(30-13(5)25)18(19)31-14(6)26/h15-18H,7-8H2,1-6H3,(H,20,21)/t15-,16-,17+,18-,19-/m0/s1. The number of rotatable bonds is 8. The number of amides is 1. The lowest BCUT2D eigenvalue weighted by molar-refractivity contribution is -0.178. The molecule has 1 aliphatic rings. The Hall–Kier alpha value is -3.18. The topological polar surface area (TPSA) is 161 Å². The molecule has 1 aliphatic carbocycles. The highest BCUT2D eigenvalue weighted by Gasteiger charge is 2.67. The first kappa shape index (κ1) is 25.9. The lowest BCUT2D eigenvalue weighted by Crippen LogP contribution is -2.64. The van der Waals surface area contributed by atoms with Crippen LogP contribution in [0.4, 0.5) is 0 Å². The summed E-state index contributed by atoms with van der Waals surface area (Å²) in [6.07, 6.45) is -4.15. The number of nitrogens with one attached hydrogen (secondary N) is 1. The molecule has 5 atom stereocenters. The van der Waals surface area contributed by atoms with Crippen molar-refractivity contribution in [1.82, 2.24) is 5.32 Å². The quantitative estimate of drug-likeness (QED) is 0.376. The molecular weight excluding hydrogens is 418 g/mol. The average Bonchev–Trinajstić information content (AvgIpc) is 2.79. The monoisotopic (exact) mass is 445 g/mol. The van der Waals surface area contributed by atoms with Gasteiger partial charge in [-0.1, -0.05) is 0 Å². The summed E-state index contributed by atoms with van der Waals surface area (Å²) in [5.74, 6) is -5.53. The lowest BCUT2D eigenvalue weighted by atomic mass is 9.85. The van der Waals surface area contributed by atoms with Gasteiger partial charge in [0, 0.05) is 41.5 Å². The van der Waals surface area contributed by atoms with Crippen LogP contribution in [0.1, 0.15) is 41.5 Å². The lowest BCUT2D eigenvalue weighted by Gasteiger charge is -2.39. The highest BCUT2D eigenvalue weighted by Crippen LogP contribution is 2.43. The fraction of sp³-hybridized carbons (Fsp3) is 0.684. The van der Waals surface area contributed by atoms with Crippen molar-refractivity contribution >= 4 is 35.8 Å². The molecular formula is C19H27NO11. The van der Waals surface area contributed by atoms with Crippen LogP contribution in [-0.4, -0.2) is 72.8 Å². The Kier molecular flexibility index (Phi) is 8.95. The minimum absolute atomic E-state index is 0.440. The van der Waals surface area contributed by atoms with Crippen molar-refractivity contribution in [3.63, 3.8) is 0 Å². The fourth-order valence-electron chi connectivity index (χ4n) is 3.60. The first-order valence-electron chi connectivity index (χ1n) is 9.37. The molecule has 0 saturated heterocycles. The van der Waals surface area contributed by atoms with Gasteiger partial charge in [0.05, 0.1) is 5.92 Å². The van der Waals surface area contributed by atoms with Crippen molar-refractivity contribution in [2.24, 2.45) is 5.92 Å². The summed E-state index contributed by atoms with van der Waals surface area (Å²) >= 11 is 0. The van der Waals surface area contributed by atoms with Crippen molar-refractivity contribution in [2.45, 2.75) is 65.4 Å². The first-order chi connectivity index (χ1) is 14.3. The van der Waals surface area contributed by atoms with Gasteiger partial charge in [0.2, 0.25) is 5.91 Å². The number of hydrogen-bond acceptors (Lipinski definition) is 11. The molecule has 12 heteroatoms. The molecule has 0 radical (unpaired) electrons. The Labute approximate surface area is 178 Å².